The summed E-state index contributed by atoms with van der Waals surface area (Å²) in [6.45, 7) is 2.07. The van der Waals surface area contributed by atoms with E-state index in [-0.39, 0.29) is 5.92 Å². The van der Waals surface area contributed by atoms with Gasteiger partial charge in [0.1, 0.15) is 0 Å². The van der Waals surface area contributed by atoms with E-state index in [4.69, 9.17) is 9.47 Å². The first-order valence-corrected chi connectivity index (χ1v) is 7.33. The molecule has 0 amide bonds. The second kappa shape index (κ2) is 5.85. The van der Waals surface area contributed by atoms with Gasteiger partial charge in [-0.3, -0.25) is 0 Å². The van der Waals surface area contributed by atoms with E-state index < -0.39 is 6.10 Å². The number of hydrogen-bond acceptors (Lipinski definition) is 3. The molecule has 0 aliphatic heterocycles. The molecule has 2 atom stereocenters. The lowest BCUT2D eigenvalue weighted by atomic mass is 9.81. The van der Waals surface area contributed by atoms with E-state index in [0.29, 0.717) is 11.5 Å². The van der Waals surface area contributed by atoms with Gasteiger partial charge in [-0.25, -0.2) is 0 Å². The van der Waals surface area contributed by atoms with E-state index in [1.165, 1.54) is 5.56 Å². The van der Waals surface area contributed by atoms with Gasteiger partial charge in [-0.15, -0.1) is 0 Å². The highest BCUT2D eigenvalue weighted by Gasteiger charge is 2.28. The molecule has 0 unspecified atom stereocenters. The monoisotopic (exact) mass is 296 g/mol. The molecule has 1 aliphatic rings. The average Bonchev–Trinajstić information content (AvgIpc) is 2.55. The predicted molar refractivity (Wildman–Crippen MR) is 87.5 cm³/mol. The zero-order valence-electron chi connectivity index (χ0n) is 13.0. The highest BCUT2D eigenvalue weighted by Crippen LogP contribution is 2.43. The van der Waals surface area contributed by atoms with Crippen LogP contribution in [0.25, 0.3) is 6.08 Å². The number of aliphatic hydroxyl groups excluding tert-OH is 1. The molecule has 2 aromatic carbocycles. The number of methoxy groups -OCH3 is 2. The molecule has 22 heavy (non-hydrogen) atoms. The summed E-state index contributed by atoms with van der Waals surface area (Å²) in [5, 5.41) is 10.8. The molecule has 0 spiro atoms. The Bertz CT molecular complexity index is 719. The van der Waals surface area contributed by atoms with Gasteiger partial charge < -0.3 is 14.6 Å². The van der Waals surface area contributed by atoms with Crippen LogP contribution >= 0.6 is 0 Å². The third-order valence-electron chi connectivity index (χ3n) is 4.28. The minimum atomic E-state index is -0.596. The Morgan fingerprint density at radius 2 is 1.64 bits per heavy atom. The molecule has 0 saturated heterocycles. The molecular formula is C19H20O3. The van der Waals surface area contributed by atoms with Crippen LogP contribution in [-0.2, 0) is 0 Å². The summed E-state index contributed by atoms with van der Waals surface area (Å²) in [4.78, 5) is 0. The van der Waals surface area contributed by atoms with Crippen LogP contribution < -0.4 is 9.47 Å². The second-order valence-corrected chi connectivity index (χ2v) is 5.52. The molecule has 3 nitrogen and oxygen atoms in total. The smallest absolute Gasteiger partial charge is 0.161 e. The Balaban J connectivity index is 2.06. The fourth-order valence-corrected chi connectivity index (χ4v) is 3.05. The van der Waals surface area contributed by atoms with Crippen LogP contribution in [-0.4, -0.2) is 19.3 Å². The van der Waals surface area contributed by atoms with Crippen LogP contribution in [0.2, 0.25) is 0 Å². The number of aryl methyl sites for hydroxylation is 1. The van der Waals surface area contributed by atoms with Crippen molar-refractivity contribution in [3.05, 3.63) is 64.7 Å². The fraction of sp³-hybridized carbons (Fsp3) is 0.263. The van der Waals surface area contributed by atoms with Crippen molar-refractivity contribution in [1.29, 1.82) is 0 Å². The Morgan fingerprint density at radius 3 is 2.32 bits per heavy atom. The van der Waals surface area contributed by atoms with E-state index in [9.17, 15) is 5.11 Å². The molecule has 0 saturated carbocycles. The fourth-order valence-electron chi connectivity index (χ4n) is 3.05. The molecule has 0 heterocycles. The van der Waals surface area contributed by atoms with E-state index >= 15 is 0 Å². The lowest BCUT2D eigenvalue weighted by molar-refractivity contribution is 0.159. The molecule has 1 aliphatic carbocycles. The summed E-state index contributed by atoms with van der Waals surface area (Å²) in [7, 11) is 3.22. The molecule has 0 aromatic heterocycles. The normalized spacial score (nSPS) is 19.6. The Kier molecular flexibility index (Phi) is 3.90. The minimum Gasteiger partial charge on any atom is -0.493 e. The molecule has 3 heteroatoms. The lowest BCUT2D eigenvalue weighted by Crippen LogP contribution is -2.14. The second-order valence-electron chi connectivity index (χ2n) is 5.52. The van der Waals surface area contributed by atoms with Crippen molar-refractivity contribution in [2.45, 2.75) is 18.9 Å². The molecular weight excluding hydrogens is 276 g/mol. The maximum Gasteiger partial charge on any atom is 0.161 e. The summed E-state index contributed by atoms with van der Waals surface area (Å²) in [5.74, 6) is 1.26. The van der Waals surface area contributed by atoms with Gasteiger partial charge in [0.15, 0.2) is 11.5 Å². The highest BCUT2D eigenvalue weighted by atomic mass is 16.5. The molecule has 2 aromatic rings. The van der Waals surface area contributed by atoms with Gasteiger partial charge in [-0.05, 0) is 41.3 Å². The van der Waals surface area contributed by atoms with E-state index in [1.54, 1.807) is 14.2 Å². The maximum absolute atomic E-state index is 10.8. The SMILES string of the molecule is COc1cc2c(cc1OC)[C@@H](O)[C@H](c1ccccc1C)C=C2. The number of hydrogen-bond donors (Lipinski definition) is 1. The molecule has 0 fully saturated rings. The number of rotatable bonds is 3. The van der Waals surface area contributed by atoms with Crippen molar-refractivity contribution >= 4 is 6.08 Å². The summed E-state index contributed by atoms with van der Waals surface area (Å²) >= 11 is 0. The van der Waals surface area contributed by atoms with Crippen LogP contribution in [0, 0.1) is 6.92 Å². The summed E-state index contributed by atoms with van der Waals surface area (Å²) in [5.41, 5.74) is 4.16. The predicted octanol–water partition coefficient (Wildman–Crippen LogP) is 3.86. The zero-order valence-corrected chi connectivity index (χ0v) is 13.0. The Morgan fingerprint density at radius 1 is 0.955 bits per heavy atom. The molecule has 3 rings (SSSR count). The molecule has 0 bridgehead atoms. The van der Waals surface area contributed by atoms with Crippen molar-refractivity contribution in [3.63, 3.8) is 0 Å². The first kappa shape index (κ1) is 14.7. The Hall–Kier alpha value is -2.26. The van der Waals surface area contributed by atoms with Crippen LogP contribution in [0.1, 0.15) is 34.3 Å². The van der Waals surface area contributed by atoms with Gasteiger partial charge in [0.05, 0.1) is 20.3 Å². The van der Waals surface area contributed by atoms with Gasteiger partial charge in [-0.2, -0.15) is 0 Å². The van der Waals surface area contributed by atoms with Crippen molar-refractivity contribution in [1.82, 2.24) is 0 Å². The lowest BCUT2D eigenvalue weighted by Gasteiger charge is -2.28. The van der Waals surface area contributed by atoms with Crippen molar-refractivity contribution in [2.24, 2.45) is 0 Å². The minimum absolute atomic E-state index is 0.0493. The van der Waals surface area contributed by atoms with Gasteiger partial charge in [-0.1, -0.05) is 36.4 Å². The average molecular weight is 296 g/mol. The largest absolute Gasteiger partial charge is 0.493 e. The van der Waals surface area contributed by atoms with E-state index in [0.717, 1.165) is 16.7 Å². The third kappa shape index (κ3) is 2.38. The number of benzene rings is 2. The quantitative estimate of drug-likeness (QED) is 0.935. The van der Waals surface area contributed by atoms with Gasteiger partial charge in [0, 0.05) is 5.92 Å². The van der Waals surface area contributed by atoms with Crippen LogP contribution in [0.4, 0.5) is 0 Å². The first-order valence-electron chi connectivity index (χ1n) is 7.33. The van der Waals surface area contributed by atoms with Crippen LogP contribution in [0.3, 0.4) is 0 Å². The van der Waals surface area contributed by atoms with E-state index in [1.807, 2.05) is 30.3 Å². The Labute approximate surface area is 130 Å². The number of fused-ring (bicyclic) bond motifs is 1. The van der Waals surface area contributed by atoms with Gasteiger partial charge >= 0.3 is 0 Å². The first-order chi connectivity index (χ1) is 10.7. The molecule has 0 radical (unpaired) electrons. The summed E-state index contributed by atoms with van der Waals surface area (Å²) in [6.07, 6.45) is 3.50. The number of aliphatic hydroxyl groups is 1. The van der Waals surface area contributed by atoms with Gasteiger partial charge in [0.2, 0.25) is 0 Å². The summed E-state index contributed by atoms with van der Waals surface area (Å²) in [6, 6.07) is 11.9. The third-order valence-corrected chi connectivity index (χ3v) is 4.28. The zero-order chi connectivity index (χ0) is 15.7. The molecule has 1 N–H and O–H groups in total. The topological polar surface area (TPSA) is 38.7 Å². The number of ether oxygens (including phenoxy) is 2. The van der Waals surface area contributed by atoms with Crippen molar-refractivity contribution in [2.75, 3.05) is 14.2 Å². The van der Waals surface area contributed by atoms with Crippen LogP contribution in [0.15, 0.2) is 42.5 Å². The highest BCUT2D eigenvalue weighted by molar-refractivity contribution is 5.65. The van der Waals surface area contributed by atoms with Crippen LogP contribution in [0.5, 0.6) is 11.5 Å². The standard InChI is InChI=1S/C19H20O3/c1-12-6-4-5-7-14(12)15-9-8-13-10-17(21-2)18(22-3)11-16(13)19(15)20/h4-11,15,19-20H,1-3H3/t15-,19-/m0/s1. The molecule has 114 valence electrons. The van der Waals surface area contributed by atoms with E-state index in [2.05, 4.69) is 25.1 Å². The van der Waals surface area contributed by atoms with Crippen molar-refractivity contribution < 1.29 is 14.6 Å². The maximum atomic E-state index is 10.8. The van der Waals surface area contributed by atoms with Crippen molar-refractivity contribution in [3.8, 4) is 11.5 Å². The van der Waals surface area contributed by atoms with Gasteiger partial charge in [0.25, 0.3) is 0 Å². The summed E-state index contributed by atoms with van der Waals surface area (Å²) < 4.78 is 10.7.